The standard InChI is InChI=1S/C6H9F3O3/c1-2-11-3-4-12-6(8,9)5(7)10/h2-4H2,1H3. The maximum absolute atomic E-state index is 12.0. The first-order chi connectivity index (χ1) is 5.50. The molecule has 12 heavy (non-hydrogen) atoms. The molecular formula is C6H9F3O3. The Morgan fingerprint density at radius 3 is 2.42 bits per heavy atom. The molecule has 0 aliphatic rings. The SMILES string of the molecule is CCOCCOC(F)(F)C(=O)F. The molecule has 0 aliphatic heterocycles. The monoisotopic (exact) mass is 186 g/mol. The summed E-state index contributed by atoms with van der Waals surface area (Å²) in [6.07, 6.45) is -4.34. The predicted octanol–water partition coefficient (Wildman–Crippen LogP) is 1.13. The molecule has 0 atom stereocenters. The van der Waals surface area contributed by atoms with Gasteiger partial charge >= 0.3 is 12.1 Å². The van der Waals surface area contributed by atoms with E-state index in [9.17, 15) is 18.0 Å². The molecule has 72 valence electrons. The molecule has 0 rings (SSSR count). The third kappa shape index (κ3) is 4.30. The van der Waals surface area contributed by atoms with Crippen LogP contribution in [0.5, 0.6) is 0 Å². The number of alkyl halides is 2. The molecule has 0 aromatic rings. The van der Waals surface area contributed by atoms with Crippen molar-refractivity contribution in [2.75, 3.05) is 19.8 Å². The van der Waals surface area contributed by atoms with E-state index in [0.717, 1.165) is 0 Å². The summed E-state index contributed by atoms with van der Waals surface area (Å²) in [4.78, 5) is 9.55. The fourth-order valence-electron chi connectivity index (χ4n) is 0.430. The molecule has 3 nitrogen and oxygen atoms in total. The Morgan fingerprint density at radius 2 is 2.00 bits per heavy atom. The largest absolute Gasteiger partial charge is 0.448 e. The lowest BCUT2D eigenvalue weighted by Crippen LogP contribution is -2.30. The predicted molar refractivity (Wildman–Crippen MR) is 33.5 cm³/mol. The van der Waals surface area contributed by atoms with Gasteiger partial charge in [0.1, 0.15) is 0 Å². The van der Waals surface area contributed by atoms with Gasteiger partial charge in [0.05, 0.1) is 13.2 Å². The summed E-state index contributed by atoms with van der Waals surface area (Å²) < 4.78 is 43.6. The molecule has 0 aliphatic carbocycles. The van der Waals surface area contributed by atoms with E-state index in [-0.39, 0.29) is 6.61 Å². The third-order valence-corrected chi connectivity index (χ3v) is 0.944. The second-order valence-corrected chi connectivity index (χ2v) is 1.84. The number of hydrogen-bond acceptors (Lipinski definition) is 3. The van der Waals surface area contributed by atoms with E-state index in [4.69, 9.17) is 0 Å². The number of halogens is 3. The maximum Gasteiger partial charge on any atom is 0.448 e. The second-order valence-electron chi connectivity index (χ2n) is 1.84. The fourth-order valence-corrected chi connectivity index (χ4v) is 0.430. The van der Waals surface area contributed by atoms with Crippen molar-refractivity contribution in [1.29, 1.82) is 0 Å². The molecular weight excluding hydrogens is 177 g/mol. The molecule has 0 N–H and O–H groups in total. The highest BCUT2D eigenvalue weighted by molar-refractivity contribution is 5.74. The summed E-state index contributed by atoms with van der Waals surface area (Å²) >= 11 is 0. The zero-order valence-corrected chi connectivity index (χ0v) is 6.48. The number of rotatable bonds is 6. The summed E-state index contributed by atoms with van der Waals surface area (Å²) in [6, 6.07) is -2.79. The van der Waals surface area contributed by atoms with Gasteiger partial charge < -0.3 is 9.47 Å². The molecule has 0 spiro atoms. The van der Waals surface area contributed by atoms with Crippen LogP contribution in [0.4, 0.5) is 13.2 Å². The Balaban J connectivity index is 3.54. The lowest BCUT2D eigenvalue weighted by atomic mass is 10.6. The Kier molecular flexibility index (Phi) is 4.84. The Labute approximate surface area is 67.4 Å². The van der Waals surface area contributed by atoms with E-state index < -0.39 is 18.8 Å². The second kappa shape index (κ2) is 5.10. The zero-order valence-electron chi connectivity index (χ0n) is 6.48. The third-order valence-electron chi connectivity index (χ3n) is 0.944. The molecule has 0 saturated heterocycles. The molecule has 6 heteroatoms. The minimum Gasteiger partial charge on any atom is -0.379 e. The first-order valence-electron chi connectivity index (χ1n) is 3.30. The van der Waals surface area contributed by atoms with Crippen molar-refractivity contribution < 1.29 is 27.4 Å². The summed E-state index contributed by atoms with van der Waals surface area (Å²) in [5.74, 6) is 0. The summed E-state index contributed by atoms with van der Waals surface area (Å²) in [7, 11) is 0. The van der Waals surface area contributed by atoms with Crippen LogP contribution in [-0.2, 0) is 14.3 Å². The molecule has 0 aromatic heterocycles. The molecule has 0 fully saturated rings. The van der Waals surface area contributed by atoms with Crippen molar-refractivity contribution in [3.8, 4) is 0 Å². The molecule has 0 unspecified atom stereocenters. The van der Waals surface area contributed by atoms with Crippen molar-refractivity contribution >= 4 is 6.04 Å². The van der Waals surface area contributed by atoms with Gasteiger partial charge in [0.15, 0.2) is 0 Å². The average Bonchev–Trinajstić information content (AvgIpc) is 1.98. The Bertz CT molecular complexity index is 149. The van der Waals surface area contributed by atoms with Gasteiger partial charge in [-0.2, -0.15) is 13.2 Å². The molecule has 0 saturated carbocycles. The smallest absolute Gasteiger partial charge is 0.379 e. The molecule has 0 heterocycles. The van der Waals surface area contributed by atoms with E-state index in [1.165, 1.54) is 0 Å². The Morgan fingerprint density at radius 1 is 1.42 bits per heavy atom. The van der Waals surface area contributed by atoms with E-state index in [0.29, 0.717) is 6.61 Å². The van der Waals surface area contributed by atoms with Gasteiger partial charge in [-0.1, -0.05) is 0 Å². The van der Waals surface area contributed by atoms with Crippen molar-refractivity contribution in [1.82, 2.24) is 0 Å². The summed E-state index contributed by atoms with van der Waals surface area (Å²) in [5.41, 5.74) is 0. The summed E-state index contributed by atoms with van der Waals surface area (Å²) in [6.45, 7) is 1.40. The van der Waals surface area contributed by atoms with E-state index in [2.05, 4.69) is 9.47 Å². The average molecular weight is 186 g/mol. The number of hydrogen-bond donors (Lipinski definition) is 0. The van der Waals surface area contributed by atoms with Gasteiger partial charge in [-0.25, -0.2) is 0 Å². The van der Waals surface area contributed by atoms with Crippen LogP contribution in [0.15, 0.2) is 0 Å². The van der Waals surface area contributed by atoms with Crippen molar-refractivity contribution in [3.05, 3.63) is 0 Å². The number of carbonyl (C=O) groups excluding carboxylic acids is 1. The minimum atomic E-state index is -4.34. The zero-order chi connectivity index (χ0) is 9.61. The van der Waals surface area contributed by atoms with Gasteiger partial charge in [0.2, 0.25) is 0 Å². The number of carbonyl (C=O) groups is 1. The van der Waals surface area contributed by atoms with Crippen LogP contribution >= 0.6 is 0 Å². The minimum absolute atomic E-state index is 0.0978. The lowest BCUT2D eigenvalue weighted by Gasteiger charge is -2.10. The highest BCUT2D eigenvalue weighted by Crippen LogP contribution is 2.16. The van der Waals surface area contributed by atoms with Gasteiger partial charge in [0.25, 0.3) is 0 Å². The summed E-state index contributed by atoms with van der Waals surface area (Å²) in [5, 5.41) is 0. The van der Waals surface area contributed by atoms with Crippen molar-refractivity contribution in [2.45, 2.75) is 13.0 Å². The lowest BCUT2D eigenvalue weighted by molar-refractivity contribution is -0.242. The van der Waals surface area contributed by atoms with E-state index >= 15 is 0 Å². The van der Waals surface area contributed by atoms with Crippen LogP contribution in [0.2, 0.25) is 0 Å². The van der Waals surface area contributed by atoms with Crippen LogP contribution in [0.1, 0.15) is 6.92 Å². The highest BCUT2D eigenvalue weighted by Gasteiger charge is 2.40. The topological polar surface area (TPSA) is 35.5 Å². The fraction of sp³-hybridized carbons (Fsp3) is 0.833. The van der Waals surface area contributed by atoms with Crippen LogP contribution < -0.4 is 0 Å². The normalized spacial score (nSPS) is 11.7. The maximum atomic E-state index is 12.0. The van der Waals surface area contributed by atoms with Crippen LogP contribution in [-0.4, -0.2) is 32.0 Å². The molecule has 0 radical (unpaired) electrons. The van der Waals surface area contributed by atoms with Gasteiger partial charge in [-0.3, -0.25) is 4.79 Å². The van der Waals surface area contributed by atoms with E-state index in [1.54, 1.807) is 6.92 Å². The Hall–Kier alpha value is -0.620. The van der Waals surface area contributed by atoms with Crippen LogP contribution in [0, 0.1) is 0 Å². The highest BCUT2D eigenvalue weighted by atomic mass is 19.3. The molecule has 0 bridgehead atoms. The van der Waals surface area contributed by atoms with Crippen LogP contribution in [0.3, 0.4) is 0 Å². The first-order valence-corrected chi connectivity index (χ1v) is 3.30. The quantitative estimate of drug-likeness (QED) is 0.460. The van der Waals surface area contributed by atoms with Crippen molar-refractivity contribution in [3.63, 3.8) is 0 Å². The molecule has 0 amide bonds. The number of ether oxygens (including phenoxy) is 2. The van der Waals surface area contributed by atoms with Crippen LogP contribution in [0.25, 0.3) is 0 Å². The molecule has 0 aromatic carbocycles. The van der Waals surface area contributed by atoms with Crippen molar-refractivity contribution in [2.24, 2.45) is 0 Å². The van der Waals surface area contributed by atoms with E-state index in [1.807, 2.05) is 0 Å². The van der Waals surface area contributed by atoms with Gasteiger partial charge in [-0.15, -0.1) is 0 Å². The van der Waals surface area contributed by atoms with Gasteiger partial charge in [-0.05, 0) is 6.92 Å². The first kappa shape index (κ1) is 11.4. The van der Waals surface area contributed by atoms with Gasteiger partial charge in [0, 0.05) is 6.61 Å².